The van der Waals surface area contributed by atoms with Crippen LogP contribution in [0.25, 0.3) is 0 Å². The van der Waals surface area contributed by atoms with Gasteiger partial charge in [0, 0.05) is 25.0 Å². The zero-order valence-corrected chi connectivity index (χ0v) is 11.5. The van der Waals surface area contributed by atoms with Crippen LogP contribution in [0.4, 0.5) is 0 Å². The smallest absolute Gasteiger partial charge is 0.0854 e. The van der Waals surface area contributed by atoms with Crippen molar-refractivity contribution in [2.45, 2.75) is 39.7 Å². The third-order valence-corrected chi connectivity index (χ3v) is 3.23. The number of aromatic nitrogens is 2. The summed E-state index contributed by atoms with van der Waals surface area (Å²) < 4.78 is 4.07. The lowest BCUT2D eigenvalue weighted by atomic mass is 9.91. The Kier molecular flexibility index (Phi) is 4.83. The van der Waals surface area contributed by atoms with Gasteiger partial charge in [0.1, 0.15) is 0 Å². The molecule has 1 rings (SSSR count). The lowest BCUT2D eigenvalue weighted by Crippen LogP contribution is -2.29. The summed E-state index contributed by atoms with van der Waals surface area (Å²) >= 11 is 1.50. The molecule has 0 atom stereocenters. The van der Waals surface area contributed by atoms with E-state index in [2.05, 4.69) is 42.2 Å². The molecule has 1 aromatic heterocycles. The van der Waals surface area contributed by atoms with Gasteiger partial charge in [0.15, 0.2) is 0 Å². The van der Waals surface area contributed by atoms with Crippen LogP contribution in [-0.2, 0) is 12.0 Å². The van der Waals surface area contributed by atoms with Gasteiger partial charge in [0.2, 0.25) is 0 Å². The molecule has 0 aliphatic carbocycles. The molecule has 0 amide bonds. The predicted octanol–water partition coefficient (Wildman–Crippen LogP) is 1.62. The van der Waals surface area contributed by atoms with Crippen LogP contribution in [0.15, 0.2) is 0 Å². The summed E-state index contributed by atoms with van der Waals surface area (Å²) in [6, 6.07) is 0. The molecule has 4 nitrogen and oxygen atoms in total. The number of nitrogens with zero attached hydrogens (tertiary/aromatic N) is 3. The van der Waals surface area contributed by atoms with Crippen molar-refractivity contribution in [3.63, 3.8) is 0 Å². The second-order valence-electron chi connectivity index (χ2n) is 4.95. The molecule has 92 valence electrons. The van der Waals surface area contributed by atoms with Crippen LogP contribution in [0.3, 0.4) is 0 Å². The van der Waals surface area contributed by atoms with Crippen LogP contribution >= 0.6 is 11.5 Å². The van der Waals surface area contributed by atoms with Crippen LogP contribution in [-0.4, -0.2) is 34.1 Å². The molecule has 0 spiro atoms. The first-order valence-corrected chi connectivity index (χ1v) is 6.50. The average Bonchev–Trinajstić information content (AvgIpc) is 2.64. The van der Waals surface area contributed by atoms with E-state index in [1.165, 1.54) is 16.4 Å². The quantitative estimate of drug-likeness (QED) is 0.852. The molecule has 0 saturated heterocycles. The maximum absolute atomic E-state index is 5.59. The molecule has 0 aliphatic rings. The SMILES string of the molecule is CCN(CCN)Cc1snnc1C(C)(C)C. The summed E-state index contributed by atoms with van der Waals surface area (Å²) in [5.41, 5.74) is 6.78. The van der Waals surface area contributed by atoms with E-state index in [-0.39, 0.29) is 5.41 Å². The van der Waals surface area contributed by atoms with E-state index in [0.29, 0.717) is 6.54 Å². The Labute approximate surface area is 102 Å². The minimum Gasteiger partial charge on any atom is -0.329 e. The van der Waals surface area contributed by atoms with Crippen molar-refractivity contribution in [2.75, 3.05) is 19.6 Å². The summed E-state index contributed by atoms with van der Waals surface area (Å²) in [4.78, 5) is 3.59. The average molecular weight is 242 g/mol. The van der Waals surface area contributed by atoms with Gasteiger partial charge in [-0.2, -0.15) is 0 Å². The van der Waals surface area contributed by atoms with Gasteiger partial charge in [-0.1, -0.05) is 32.2 Å². The highest BCUT2D eigenvalue weighted by Crippen LogP contribution is 2.26. The number of hydrogen-bond donors (Lipinski definition) is 1. The molecule has 0 unspecified atom stereocenters. The maximum Gasteiger partial charge on any atom is 0.0854 e. The zero-order valence-electron chi connectivity index (χ0n) is 10.7. The predicted molar refractivity (Wildman–Crippen MR) is 68.6 cm³/mol. The first kappa shape index (κ1) is 13.5. The van der Waals surface area contributed by atoms with Crippen molar-refractivity contribution in [1.29, 1.82) is 0 Å². The standard InChI is InChI=1S/C11H22N4S/c1-5-15(7-6-12)8-9-10(11(2,3)4)13-14-16-9/h5-8,12H2,1-4H3. The lowest BCUT2D eigenvalue weighted by Gasteiger charge is -2.21. The van der Waals surface area contributed by atoms with Crippen LogP contribution in [0.2, 0.25) is 0 Å². The van der Waals surface area contributed by atoms with Crippen LogP contribution in [0.5, 0.6) is 0 Å². The van der Waals surface area contributed by atoms with E-state index in [1.807, 2.05) is 0 Å². The topological polar surface area (TPSA) is 55.0 Å². The maximum atomic E-state index is 5.59. The van der Waals surface area contributed by atoms with Crippen LogP contribution < -0.4 is 5.73 Å². The lowest BCUT2D eigenvalue weighted by molar-refractivity contribution is 0.288. The molecular weight excluding hydrogens is 220 g/mol. The minimum absolute atomic E-state index is 0.0739. The molecular formula is C11H22N4S. The van der Waals surface area contributed by atoms with Crippen molar-refractivity contribution in [1.82, 2.24) is 14.5 Å². The zero-order chi connectivity index (χ0) is 12.2. The molecule has 0 saturated carbocycles. The number of rotatable bonds is 5. The Morgan fingerprint density at radius 1 is 1.38 bits per heavy atom. The van der Waals surface area contributed by atoms with Gasteiger partial charge in [-0.15, -0.1) is 5.10 Å². The molecule has 16 heavy (non-hydrogen) atoms. The van der Waals surface area contributed by atoms with E-state index in [0.717, 1.165) is 25.3 Å². The summed E-state index contributed by atoms with van der Waals surface area (Å²) in [5, 5.41) is 4.25. The molecule has 0 bridgehead atoms. The second kappa shape index (κ2) is 5.70. The second-order valence-corrected chi connectivity index (χ2v) is 5.79. The van der Waals surface area contributed by atoms with E-state index < -0.39 is 0 Å². The Morgan fingerprint density at radius 2 is 2.06 bits per heavy atom. The normalized spacial score (nSPS) is 12.4. The summed E-state index contributed by atoms with van der Waals surface area (Å²) in [5.74, 6) is 0. The molecule has 5 heteroatoms. The van der Waals surface area contributed by atoms with Gasteiger partial charge in [0.25, 0.3) is 0 Å². The fourth-order valence-corrected chi connectivity index (χ4v) is 2.51. The molecule has 0 fully saturated rings. The van der Waals surface area contributed by atoms with Crippen molar-refractivity contribution in [3.05, 3.63) is 10.6 Å². The summed E-state index contributed by atoms with van der Waals surface area (Å²) in [7, 11) is 0. The fraction of sp³-hybridized carbons (Fsp3) is 0.818. The highest BCUT2D eigenvalue weighted by molar-refractivity contribution is 7.05. The fourth-order valence-electron chi connectivity index (χ4n) is 1.62. The highest BCUT2D eigenvalue weighted by Gasteiger charge is 2.22. The Hall–Kier alpha value is -0.520. The first-order chi connectivity index (χ1) is 7.49. The van der Waals surface area contributed by atoms with Crippen molar-refractivity contribution >= 4 is 11.5 Å². The molecule has 0 aromatic carbocycles. The largest absolute Gasteiger partial charge is 0.329 e. The number of hydrogen-bond acceptors (Lipinski definition) is 5. The molecule has 1 aromatic rings. The van der Waals surface area contributed by atoms with Gasteiger partial charge in [-0.05, 0) is 18.1 Å². The monoisotopic (exact) mass is 242 g/mol. The Bertz CT molecular complexity index is 316. The van der Waals surface area contributed by atoms with E-state index in [9.17, 15) is 0 Å². The van der Waals surface area contributed by atoms with E-state index >= 15 is 0 Å². The molecule has 0 radical (unpaired) electrons. The molecule has 0 aliphatic heterocycles. The Morgan fingerprint density at radius 3 is 2.56 bits per heavy atom. The number of likely N-dealkylation sites (N-methyl/N-ethyl adjacent to an activating group) is 1. The number of nitrogens with two attached hydrogens (primary N) is 1. The van der Waals surface area contributed by atoms with Gasteiger partial charge in [-0.3, -0.25) is 4.90 Å². The Balaban J connectivity index is 2.77. The van der Waals surface area contributed by atoms with Crippen LogP contribution in [0, 0.1) is 0 Å². The van der Waals surface area contributed by atoms with E-state index in [4.69, 9.17) is 5.73 Å². The summed E-state index contributed by atoms with van der Waals surface area (Å²) in [6.45, 7) is 12.2. The van der Waals surface area contributed by atoms with Crippen molar-refractivity contribution < 1.29 is 0 Å². The third kappa shape index (κ3) is 3.50. The van der Waals surface area contributed by atoms with Gasteiger partial charge < -0.3 is 5.73 Å². The molecule has 1 heterocycles. The first-order valence-electron chi connectivity index (χ1n) is 5.73. The van der Waals surface area contributed by atoms with Crippen molar-refractivity contribution in [3.8, 4) is 0 Å². The van der Waals surface area contributed by atoms with Gasteiger partial charge in [-0.25, -0.2) is 0 Å². The van der Waals surface area contributed by atoms with E-state index in [1.54, 1.807) is 0 Å². The van der Waals surface area contributed by atoms with Crippen LogP contribution in [0.1, 0.15) is 38.3 Å². The molecule has 2 N–H and O–H groups in total. The van der Waals surface area contributed by atoms with Gasteiger partial charge >= 0.3 is 0 Å². The summed E-state index contributed by atoms with van der Waals surface area (Å²) in [6.07, 6.45) is 0. The van der Waals surface area contributed by atoms with Crippen molar-refractivity contribution in [2.24, 2.45) is 5.73 Å². The third-order valence-electron chi connectivity index (χ3n) is 2.53. The highest BCUT2D eigenvalue weighted by atomic mass is 32.1. The minimum atomic E-state index is 0.0739. The van der Waals surface area contributed by atoms with Gasteiger partial charge in [0.05, 0.1) is 10.6 Å².